The van der Waals surface area contributed by atoms with Crippen LogP contribution in [0, 0.1) is 0 Å². The van der Waals surface area contributed by atoms with Crippen molar-refractivity contribution in [2.75, 3.05) is 30.8 Å². The van der Waals surface area contributed by atoms with Crippen LogP contribution >= 0.6 is 0 Å². The number of hydrogen-bond acceptors (Lipinski definition) is 7. The van der Waals surface area contributed by atoms with E-state index in [1.54, 1.807) is 0 Å². The van der Waals surface area contributed by atoms with Crippen LogP contribution in [0.5, 0.6) is 6.01 Å². The minimum atomic E-state index is -0.281. The van der Waals surface area contributed by atoms with E-state index in [4.69, 9.17) is 10.5 Å². The number of unbranched alkanes of at least 4 members (excludes halogenated alkanes) is 1. The van der Waals surface area contributed by atoms with Gasteiger partial charge in [-0.3, -0.25) is 4.79 Å². The first-order valence-corrected chi connectivity index (χ1v) is 6.21. The Hall–Kier alpha value is -2.12. The quantitative estimate of drug-likeness (QED) is 0.554. The molecular formula is C11H20N6O2. The number of anilines is 2. The first-order valence-electron chi connectivity index (χ1n) is 6.21. The lowest BCUT2D eigenvalue weighted by Crippen LogP contribution is -2.12. The van der Waals surface area contributed by atoms with Crippen molar-refractivity contribution in [2.24, 2.45) is 5.73 Å². The van der Waals surface area contributed by atoms with E-state index >= 15 is 0 Å². The number of rotatable bonds is 9. The summed E-state index contributed by atoms with van der Waals surface area (Å²) in [4.78, 5) is 22.9. The highest BCUT2D eigenvalue weighted by Crippen LogP contribution is 2.10. The van der Waals surface area contributed by atoms with Gasteiger partial charge in [0.05, 0.1) is 7.11 Å². The van der Waals surface area contributed by atoms with E-state index in [-0.39, 0.29) is 11.9 Å². The highest BCUT2D eigenvalue weighted by molar-refractivity contribution is 5.73. The zero-order chi connectivity index (χ0) is 14.1. The molecule has 0 fully saturated rings. The van der Waals surface area contributed by atoms with Gasteiger partial charge in [0, 0.05) is 19.5 Å². The molecule has 0 radical (unpaired) electrons. The average molecular weight is 268 g/mol. The van der Waals surface area contributed by atoms with Gasteiger partial charge in [-0.05, 0) is 19.8 Å². The van der Waals surface area contributed by atoms with Gasteiger partial charge in [-0.15, -0.1) is 0 Å². The molecule has 4 N–H and O–H groups in total. The van der Waals surface area contributed by atoms with Crippen molar-refractivity contribution >= 4 is 17.8 Å². The van der Waals surface area contributed by atoms with E-state index in [1.807, 2.05) is 6.92 Å². The van der Waals surface area contributed by atoms with Gasteiger partial charge in [0.25, 0.3) is 0 Å². The molecular weight excluding hydrogens is 248 g/mol. The third-order valence-corrected chi connectivity index (χ3v) is 2.27. The summed E-state index contributed by atoms with van der Waals surface area (Å²) in [5, 5.41) is 6.05. The molecule has 0 aliphatic heterocycles. The fourth-order valence-electron chi connectivity index (χ4n) is 1.39. The molecule has 0 saturated heterocycles. The van der Waals surface area contributed by atoms with E-state index in [2.05, 4.69) is 25.6 Å². The van der Waals surface area contributed by atoms with Crippen molar-refractivity contribution in [1.82, 2.24) is 15.0 Å². The predicted octanol–water partition coefficient (Wildman–Crippen LogP) is 0.380. The van der Waals surface area contributed by atoms with Crippen molar-refractivity contribution in [3.63, 3.8) is 0 Å². The largest absolute Gasteiger partial charge is 0.467 e. The van der Waals surface area contributed by atoms with Crippen LogP contribution in [0.15, 0.2) is 0 Å². The number of methoxy groups -OCH3 is 1. The second-order valence-corrected chi connectivity index (χ2v) is 3.85. The fraction of sp³-hybridized carbons (Fsp3) is 0.636. The van der Waals surface area contributed by atoms with E-state index in [9.17, 15) is 4.79 Å². The molecule has 8 heteroatoms. The van der Waals surface area contributed by atoms with Crippen molar-refractivity contribution in [3.05, 3.63) is 0 Å². The van der Waals surface area contributed by atoms with Gasteiger partial charge in [-0.2, -0.15) is 15.0 Å². The highest BCUT2D eigenvalue weighted by atomic mass is 16.5. The Bertz CT molecular complexity index is 412. The standard InChI is InChI=1S/C11H20N6O2/c1-3-13-9-15-10(17-11(16-9)19-2)14-7-5-4-6-8(12)18/h3-7H2,1-2H3,(H2,12,18)(H2,13,14,15,16,17). The number of nitrogens with two attached hydrogens (primary N) is 1. The third kappa shape index (κ3) is 5.84. The summed E-state index contributed by atoms with van der Waals surface area (Å²) >= 11 is 0. The number of amides is 1. The maximum atomic E-state index is 10.6. The lowest BCUT2D eigenvalue weighted by Gasteiger charge is -2.08. The molecule has 0 aliphatic rings. The van der Waals surface area contributed by atoms with Gasteiger partial charge in [0.1, 0.15) is 0 Å². The molecule has 0 aromatic carbocycles. The van der Waals surface area contributed by atoms with Crippen molar-refractivity contribution in [1.29, 1.82) is 0 Å². The Kier molecular flexibility index (Phi) is 6.34. The second-order valence-electron chi connectivity index (χ2n) is 3.85. The number of nitrogens with one attached hydrogen (secondary N) is 2. The number of primary amides is 1. The lowest BCUT2D eigenvalue weighted by molar-refractivity contribution is -0.118. The van der Waals surface area contributed by atoms with Crippen LogP contribution in [0.3, 0.4) is 0 Å². The summed E-state index contributed by atoms with van der Waals surface area (Å²) in [5.74, 6) is 0.632. The molecule has 8 nitrogen and oxygen atoms in total. The Morgan fingerprint density at radius 2 is 1.89 bits per heavy atom. The van der Waals surface area contributed by atoms with Gasteiger partial charge in [0.15, 0.2) is 0 Å². The average Bonchev–Trinajstić information content (AvgIpc) is 2.38. The molecule has 19 heavy (non-hydrogen) atoms. The van der Waals surface area contributed by atoms with Gasteiger partial charge >= 0.3 is 6.01 Å². The topological polar surface area (TPSA) is 115 Å². The first kappa shape index (κ1) is 14.9. The Labute approximate surface area is 112 Å². The molecule has 0 atom stereocenters. The summed E-state index contributed by atoms with van der Waals surface area (Å²) < 4.78 is 5.00. The van der Waals surface area contributed by atoms with Gasteiger partial charge in [0.2, 0.25) is 17.8 Å². The number of nitrogens with zero attached hydrogens (tertiary/aromatic N) is 3. The lowest BCUT2D eigenvalue weighted by atomic mass is 10.2. The molecule has 0 bridgehead atoms. The minimum absolute atomic E-state index is 0.255. The van der Waals surface area contributed by atoms with Gasteiger partial charge in [-0.1, -0.05) is 0 Å². The van der Waals surface area contributed by atoms with Crippen LogP contribution in [-0.2, 0) is 4.79 Å². The van der Waals surface area contributed by atoms with Crippen LogP contribution in [-0.4, -0.2) is 41.1 Å². The van der Waals surface area contributed by atoms with Crippen LogP contribution < -0.4 is 21.1 Å². The zero-order valence-electron chi connectivity index (χ0n) is 11.3. The molecule has 0 spiro atoms. The summed E-state index contributed by atoms with van der Waals surface area (Å²) in [6.45, 7) is 3.32. The zero-order valence-corrected chi connectivity index (χ0v) is 11.3. The number of aromatic nitrogens is 3. The molecule has 106 valence electrons. The number of carbonyl (C=O) groups is 1. The monoisotopic (exact) mass is 268 g/mol. The molecule has 0 unspecified atom stereocenters. The van der Waals surface area contributed by atoms with Crippen LogP contribution in [0.4, 0.5) is 11.9 Å². The Balaban J connectivity index is 2.47. The minimum Gasteiger partial charge on any atom is -0.467 e. The normalized spacial score (nSPS) is 10.0. The molecule has 0 aliphatic carbocycles. The van der Waals surface area contributed by atoms with E-state index in [1.165, 1.54) is 7.11 Å². The van der Waals surface area contributed by atoms with Gasteiger partial charge < -0.3 is 21.1 Å². The van der Waals surface area contributed by atoms with Crippen LogP contribution in [0.2, 0.25) is 0 Å². The fourth-order valence-corrected chi connectivity index (χ4v) is 1.39. The molecule has 0 saturated carbocycles. The number of hydrogen-bond donors (Lipinski definition) is 3. The molecule has 1 rings (SSSR count). The Morgan fingerprint density at radius 1 is 1.21 bits per heavy atom. The number of ether oxygens (including phenoxy) is 1. The number of carbonyl (C=O) groups excluding carboxylic acids is 1. The second kappa shape index (κ2) is 8.06. The van der Waals surface area contributed by atoms with E-state index in [0.717, 1.165) is 12.8 Å². The predicted molar refractivity (Wildman–Crippen MR) is 72.1 cm³/mol. The highest BCUT2D eigenvalue weighted by Gasteiger charge is 2.05. The summed E-state index contributed by atoms with van der Waals surface area (Å²) in [6, 6.07) is 0.255. The van der Waals surface area contributed by atoms with Gasteiger partial charge in [-0.25, -0.2) is 0 Å². The van der Waals surface area contributed by atoms with E-state index in [0.29, 0.717) is 31.4 Å². The molecule has 1 heterocycles. The summed E-state index contributed by atoms with van der Waals surface area (Å²) in [7, 11) is 1.50. The molecule has 1 amide bonds. The summed E-state index contributed by atoms with van der Waals surface area (Å²) in [5.41, 5.74) is 5.06. The van der Waals surface area contributed by atoms with Crippen molar-refractivity contribution in [3.8, 4) is 6.01 Å². The third-order valence-electron chi connectivity index (χ3n) is 2.27. The molecule has 1 aromatic rings. The maximum Gasteiger partial charge on any atom is 0.322 e. The van der Waals surface area contributed by atoms with Crippen LogP contribution in [0.25, 0.3) is 0 Å². The van der Waals surface area contributed by atoms with Crippen LogP contribution in [0.1, 0.15) is 26.2 Å². The smallest absolute Gasteiger partial charge is 0.322 e. The summed E-state index contributed by atoms with van der Waals surface area (Å²) in [6.07, 6.45) is 1.95. The van der Waals surface area contributed by atoms with Crippen molar-refractivity contribution in [2.45, 2.75) is 26.2 Å². The molecule has 1 aromatic heterocycles. The maximum absolute atomic E-state index is 10.6. The van der Waals surface area contributed by atoms with Crippen molar-refractivity contribution < 1.29 is 9.53 Å². The Morgan fingerprint density at radius 3 is 2.47 bits per heavy atom. The SMILES string of the molecule is CCNc1nc(NCCCCC(N)=O)nc(OC)n1. The first-order chi connectivity index (χ1) is 9.15. The van der Waals surface area contributed by atoms with E-state index < -0.39 is 0 Å².